The van der Waals surface area contributed by atoms with Gasteiger partial charge >= 0.3 is 0 Å². The summed E-state index contributed by atoms with van der Waals surface area (Å²) in [4.78, 5) is 10.8. The van der Waals surface area contributed by atoms with Crippen molar-refractivity contribution >= 4 is 51.9 Å². The van der Waals surface area contributed by atoms with Gasteiger partial charge in [-0.3, -0.25) is 0 Å². The Labute approximate surface area is 278 Å². The summed E-state index contributed by atoms with van der Waals surface area (Å²) in [5.74, 6) is 0.825. The lowest BCUT2D eigenvalue weighted by Gasteiger charge is -2.35. The Morgan fingerprint density at radius 2 is 0.979 bits per heavy atom. The van der Waals surface area contributed by atoms with Crippen molar-refractivity contribution in [2.24, 2.45) is 0 Å². The van der Waals surface area contributed by atoms with Gasteiger partial charge in [0.15, 0.2) is 13.9 Å². The van der Waals surface area contributed by atoms with E-state index >= 15 is 0 Å². The van der Waals surface area contributed by atoms with E-state index in [4.69, 9.17) is 9.97 Å². The van der Waals surface area contributed by atoms with Gasteiger partial charge in [0, 0.05) is 29.8 Å². The van der Waals surface area contributed by atoms with Crippen molar-refractivity contribution < 1.29 is 0 Å². The van der Waals surface area contributed by atoms with Gasteiger partial charge in [-0.2, -0.15) is 0 Å². The van der Waals surface area contributed by atoms with Crippen LogP contribution < -0.4 is 37.1 Å². The lowest BCUT2D eigenvalue weighted by molar-refractivity contribution is 0.985. The summed E-state index contributed by atoms with van der Waals surface area (Å²) in [5, 5.41) is 5.45. The Bertz CT molecular complexity index is 2170. The molecule has 0 amide bonds. The van der Waals surface area contributed by atoms with Crippen molar-refractivity contribution in [2.45, 2.75) is 19.8 Å². The van der Waals surface area contributed by atoms with Crippen molar-refractivity contribution in [1.82, 2.24) is 9.97 Å². The van der Waals surface area contributed by atoms with E-state index in [0.29, 0.717) is 0 Å². The molecule has 0 saturated carbocycles. The van der Waals surface area contributed by atoms with Crippen LogP contribution in [0.15, 0.2) is 158 Å². The van der Waals surface area contributed by atoms with Crippen molar-refractivity contribution in [3.8, 4) is 11.4 Å². The minimum Gasteiger partial charge on any atom is -0.233 e. The average Bonchev–Trinajstić information content (AvgIpc) is 3.13. The molecule has 0 spiro atoms. The SMILES string of the molecule is Cc1cccc([Si](c2ccccc2)(c2ccccc2)c2cccc(-c3nc4c5c(n3)Cc3ccccc3B5c3ccccc3C4)c2)c1. The van der Waals surface area contributed by atoms with E-state index in [0.717, 1.165) is 24.2 Å². The van der Waals surface area contributed by atoms with E-state index in [-0.39, 0.29) is 6.71 Å². The van der Waals surface area contributed by atoms with Gasteiger partial charge in [0.25, 0.3) is 0 Å². The number of nitrogens with zero attached hydrogens (tertiary/aromatic N) is 2. The average molecular weight is 617 g/mol. The number of rotatable bonds is 5. The quantitative estimate of drug-likeness (QED) is 0.215. The van der Waals surface area contributed by atoms with Crippen molar-refractivity contribution in [3.63, 3.8) is 0 Å². The van der Waals surface area contributed by atoms with Crippen LogP contribution in [-0.2, 0) is 12.8 Å². The highest BCUT2D eigenvalue weighted by Gasteiger charge is 2.42. The summed E-state index contributed by atoms with van der Waals surface area (Å²) in [6.07, 6.45) is 1.67. The van der Waals surface area contributed by atoms with Crippen molar-refractivity contribution in [3.05, 3.63) is 186 Å². The van der Waals surface area contributed by atoms with Gasteiger partial charge in [-0.05, 0) is 44.3 Å². The van der Waals surface area contributed by atoms with Gasteiger partial charge in [0.2, 0.25) is 6.71 Å². The second kappa shape index (κ2) is 11.2. The van der Waals surface area contributed by atoms with Crippen LogP contribution >= 0.6 is 0 Å². The van der Waals surface area contributed by atoms with Crippen LogP contribution in [0.1, 0.15) is 28.1 Å². The highest BCUT2D eigenvalue weighted by atomic mass is 28.3. The molecule has 0 unspecified atom stereocenters. The number of hydrogen-bond donors (Lipinski definition) is 0. The largest absolute Gasteiger partial charge is 0.246 e. The zero-order valence-electron chi connectivity index (χ0n) is 26.4. The van der Waals surface area contributed by atoms with E-state index in [1.807, 2.05) is 0 Å². The molecule has 0 aliphatic carbocycles. The lowest BCUT2D eigenvalue weighted by Crippen LogP contribution is -2.74. The van der Waals surface area contributed by atoms with E-state index in [1.54, 1.807) is 0 Å². The third-order valence-corrected chi connectivity index (χ3v) is 15.0. The Balaban J connectivity index is 1.27. The minimum atomic E-state index is -2.70. The molecule has 0 atom stereocenters. The van der Waals surface area contributed by atoms with Gasteiger partial charge in [-0.25, -0.2) is 9.97 Å². The summed E-state index contributed by atoms with van der Waals surface area (Å²) >= 11 is 0. The Morgan fingerprint density at radius 1 is 0.489 bits per heavy atom. The Hall–Kier alpha value is -5.32. The molecular formula is C43H33BN2Si. The van der Waals surface area contributed by atoms with E-state index < -0.39 is 8.07 Å². The highest BCUT2D eigenvalue weighted by Crippen LogP contribution is 2.24. The van der Waals surface area contributed by atoms with E-state index in [2.05, 4.69) is 165 Å². The van der Waals surface area contributed by atoms with Crippen LogP contribution in [0.2, 0.25) is 0 Å². The summed E-state index contributed by atoms with van der Waals surface area (Å²) in [5.41, 5.74) is 11.5. The number of aryl methyl sites for hydroxylation is 1. The first-order valence-corrected chi connectivity index (χ1v) is 18.5. The molecule has 47 heavy (non-hydrogen) atoms. The topological polar surface area (TPSA) is 25.8 Å². The molecule has 0 bridgehead atoms. The van der Waals surface area contributed by atoms with Gasteiger partial charge in [0.1, 0.15) is 0 Å². The normalized spacial score (nSPS) is 13.0. The fraction of sp³-hybridized carbons (Fsp3) is 0.0698. The second-order valence-electron chi connectivity index (χ2n) is 13.0. The van der Waals surface area contributed by atoms with E-state index in [9.17, 15) is 0 Å². The second-order valence-corrected chi connectivity index (χ2v) is 16.8. The Morgan fingerprint density at radius 3 is 1.55 bits per heavy atom. The summed E-state index contributed by atoms with van der Waals surface area (Å²) in [6.45, 7) is 2.39. The maximum atomic E-state index is 5.41. The van der Waals surface area contributed by atoms with Gasteiger partial charge in [0.05, 0.1) is 0 Å². The maximum absolute atomic E-state index is 5.41. The third-order valence-electron chi connectivity index (χ3n) is 10.3. The molecule has 7 aromatic rings. The summed E-state index contributed by atoms with van der Waals surface area (Å²) < 4.78 is 0. The first-order valence-electron chi connectivity index (χ1n) is 16.5. The lowest BCUT2D eigenvalue weighted by atomic mass is 9.31. The molecular weight excluding hydrogens is 583 g/mol. The predicted octanol–water partition coefficient (Wildman–Crippen LogP) is 4.15. The summed E-state index contributed by atoms with van der Waals surface area (Å²) in [6, 6.07) is 58.4. The molecule has 2 aliphatic rings. The third kappa shape index (κ3) is 4.47. The Kier molecular flexibility index (Phi) is 6.65. The standard InChI is InChI=1S/C43H33BN2Si/c1-30-14-12-22-36(26-30)47(34-18-4-2-5-19-34,35-20-6-3-7-21-35)37-23-13-17-33(27-37)43-45-40-28-31-15-8-10-24-38(31)44-39-25-11-9-16-32(39)29-41(46-43)42(40)44/h2-27H,28-29H2,1H3. The smallest absolute Gasteiger partial charge is 0.233 e. The molecule has 6 aromatic carbocycles. The van der Waals surface area contributed by atoms with Gasteiger partial charge in [-0.1, -0.05) is 174 Å². The first-order chi connectivity index (χ1) is 23.2. The monoisotopic (exact) mass is 616 g/mol. The molecule has 2 aliphatic heterocycles. The van der Waals surface area contributed by atoms with Crippen LogP contribution in [0.25, 0.3) is 11.4 Å². The molecule has 2 nitrogen and oxygen atoms in total. The molecule has 9 rings (SSSR count). The molecule has 1 aromatic heterocycles. The first kappa shape index (κ1) is 27.9. The van der Waals surface area contributed by atoms with Crippen LogP contribution in [0.5, 0.6) is 0 Å². The molecule has 4 heteroatoms. The van der Waals surface area contributed by atoms with Crippen LogP contribution in [0, 0.1) is 6.92 Å². The van der Waals surface area contributed by atoms with Crippen LogP contribution in [-0.4, -0.2) is 24.8 Å². The molecule has 0 N–H and O–H groups in total. The molecule has 0 saturated heterocycles. The van der Waals surface area contributed by atoms with Crippen molar-refractivity contribution in [2.75, 3.05) is 0 Å². The molecule has 3 heterocycles. The maximum Gasteiger partial charge on any atom is 0.246 e. The van der Waals surface area contributed by atoms with Crippen LogP contribution in [0.4, 0.5) is 0 Å². The van der Waals surface area contributed by atoms with Crippen molar-refractivity contribution in [1.29, 1.82) is 0 Å². The van der Waals surface area contributed by atoms with Crippen LogP contribution in [0.3, 0.4) is 0 Å². The molecule has 222 valence electrons. The summed E-state index contributed by atoms with van der Waals surface area (Å²) in [7, 11) is -2.70. The zero-order valence-corrected chi connectivity index (χ0v) is 27.4. The number of fused-ring (bicyclic) bond motifs is 4. The fourth-order valence-electron chi connectivity index (χ4n) is 8.24. The van der Waals surface area contributed by atoms with Gasteiger partial charge in [-0.15, -0.1) is 0 Å². The van der Waals surface area contributed by atoms with E-state index in [1.165, 1.54) is 65.2 Å². The highest BCUT2D eigenvalue weighted by molar-refractivity contribution is 7.20. The minimum absolute atomic E-state index is 0.188. The predicted molar refractivity (Wildman–Crippen MR) is 199 cm³/mol. The fourth-order valence-corrected chi connectivity index (χ4v) is 13.1. The van der Waals surface area contributed by atoms with Gasteiger partial charge < -0.3 is 0 Å². The molecule has 0 radical (unpaired) electrons. The number of aromatic nitrogens is 2. The number of hydrogen-bond acceptors (Lipinski definition) is 2. The number of benzene rings is 6. The molecule has 0 fully saturated rings. The zero-order chi connectivity index (χ0) is 31.4.